The lowest BCUT2D eigenvalue weighted by Gasteiger charge is -2.28. The standard InChI is InChI=1S/C21H24N2O2/c24-23(25)21-11-5-4-9-20(21)10-6-14-22-15-12-19(13-16-22)17-18-7-2-1-3-8-18/h1-11,19H,12-17H2/p+1/b10-6+. The number of quaternary nitrogens is 1. The molecule has 1 fully saturated rings. The second-order valence-electron chi connectivity index (χ2n) is 6.81. The van der Waals surface area contributed by atoms with E-state index in [-0.39, 0.29) is 10.6 Å². The van der Waals surface area contributed by atoms with Gasteiger partial charge in [-0.25, -0.2) is 0 Å². The summed E-state index contributed by atoms with van der Waals surface area (Å²) in [6, 6.07) is 17.6. The van der Waals surface area contributed by atoms with Crippen molar-refractivity contribution in [1.29, 1.82) is 0 Å². The van der Waals surface area contributed by atoms with Gasteiger partial charge in [-0.1, -0.05) is 42.5 Å². The second kappa shape index (κ2) is 8.58. The zero-order valence-electron chi connectivity index (χ0n) is 14.4. The van der Waals surface area contributed by atoms with E-state index >= 15 is 0 Å². The molecule has 25 heavy (non-hydrogen) atoms. The van der Waals surface area contributed by atoms with Crippen LogP contribution in [-0.4, -0.2) is 24.6 Å². The van der Waals surface area contributed by atoms with Gasteiger partial charge in [-0.3, -0.25) is 10.1 Å². The highest BCUT2D eigenvalue weighted by atomic mass is 16.6. The van der Waals surface area contributed by atoms with Gasteiger partial charge in [-0.15, -0.1) is 0 Å². The number of nitrogens with zero attached hydrogens (tertiary/aromatic N) is 1. The maximum Gasteiger partial charge on any atom is 0.276 e. The first kappa shape index (κ1) is 17.4. The minimum absolute atomic E-state index is 0.176. The summed E-state index contributed by atoms with van der Waals surface area (Å²) < 4.78 is 0. The zero-order valence-corrected chi connectivity index (χ0v) is 14.4. The number of hydrogen-bond acceptors (Lipinski definition) is 2. The van der Waals surface area contributed by atoms with Gasteiger partial charge in [0.1, 0.15) is 0 Å². The minimum atomic E-state index is -0.318. The topological polar surface area (TPSA) is 47.6 Å². The number of para-hydroxylation sites is 1. The molecule has 0 amide bonds. The summed E-state index contributed by atoms with van der Waals surface area (Å²) >= 11 is 0. The van der Waals surface area contributed by atoms with Crippen molar-refractivity contribution in [2.45, 2.75) is 19.3 Å². The SMILES string of the molecule is O=[N+]([O-])c1ccccc1/C=C/C[NH+]1CCC(Cc2ccccc2)CC1. The van der Waals surface area contributed by atoms with E-state index in [1.807, 2.05) is 12.1 Å². The molecule has 1 saturated heterocycles. The van der Waals surface area contributed by atoms with Crippen LogP contribution < -0.4 is 4.90 Å². The lowest BCUT2D eigenvalue weighted by Crippen LogP contribution is -3.12. The van der Waals surface area contributed by atoms with Crippen molar-refractivity contribution in [2.24, 2.45) is 5.92 Å². The van der Waals surface area contributed by atoms with E-state index < -0.39 is 0 Å². The molecule has 0 atom stereocenters. The van der Waals surface area contributed by atoms with E-state index in [0.29, 0.717) is 5.56 Å². The van der Waals surface area contributed by atoms with Gasteiger partial charge >= 0.3 is 0 Å². The number of hydrogen-bond donors (Lipinski definition) is 1. The molecule has 0 spiro atoms. The number of benzene rings is 2. The monoisotopic (exact) mass is 337 g/mol. The molecule has 1 N–H and O–H groups in total. The van der Waals surface area contributed by atoms with Crippen LogP contribution in [0.5, 0.6) is 0 Å². The Bertz CT molecular complexity index is 720. The Labute approximate surface area is 148 Å². The Hall–Kier alpha value is -2.46. The van der Waals surface area contributed by atoms with Gasteiger partial charge in [-0.05, 0) is 49.0 Å². The Morgan fingerprint density at radius 1 is 1.04 bits per heavy atom. The third kappa shape index (κ3) is 5.00. The predicted molar refractivity (Wildman–Crippen MR) is 101 cm³/mol. The third-order valence-electron chi connectivity index (χ3n) is 5.02. The van der Waals surface area contributed by atoms with E-state index in [1.165, 1.54) is 37.9 Å². The molecule has 0 aromatic heterocycles. The van der Waals surface area contributed by atoms with Gasteiger partial charge in [-0.2, -0.15) is 0 Å². The fraction of sp³-hybridized carbons (Fsp3) is 0.333. The van der Waals surface area contributed by atoms with E-state index in [9.17, 15) is 10.1 Å². The molecule has 1 aliphatic heterocycles. The lowest BCUT2D eigenvalue weighted by atomic mass is 9.90. The molecular formula is C21H25N2O2+. The Kier molecular flexibility index (Phi) is 5.96. The van der Waals surface area contributed by atoms with E-state index in [2.05, 4.69) is 36.4 Å². The number of likely N-dealkylation sites (tertiary alicyclic amines) is 1. The fourth-order valence-electron chi connectivity index (χ4n) is 3.59. The van der Waals surface area contributed by atoms with Crippen molar-refractivity contribution >= 4 is 11.8 Å². The molecule has 0 radical (unpaired) electrons. The molecule has 130 valence electrons. The van der Waals surface area contributed by atoms with Crippen LogP contribution in [0, 0.1) is 16.0 Å². The molecule has 4 heteroatoms. The summed E-state index contributed by atoms with van der Waals surface area (Å²) in [5.74, 6) is 0.783. The summed E-state index contributed by atoms with van der Waals surface area (Å²) in [4.78, 5) is 12.3. The first-order valence-corrected chi connectivity index (χ1v) is 9.00. The average Bonchev–Trinajstić information content (AvgIpc) is 2.64. The first-order valence-electron chi connectivity index (χ1n) is 9.00. The molecule has 0 saturated carbocycles. The molecule has 2 aromatic rings. The van der Waals surface area contributed by atoms with Crippen molar-refractivity contribution in [2.75, 3.05) is 19.6 Å². The number of nitro groups is 1. The van der Waals surface area contributed by atoms with E-state index in [1.54, 1.807) is 23.1 Å². The van der Waals surface area contributed by atoms with Gasteiger partial charge in [0, 0.05) is 6.07 Å². The van der Waals surface area contributed by atoms with Gasteiger partial charge < -0.3 is 4.90 Å². The molecule has 0 unspecified atom stereocenters. The van der Waals surface area contributed by atoms with Crippen LogP contribution in [-0.2, 0) is 6.42 Å². The molecular weight excluding hydrogens is 312 g/mol. The lowest BCUT2D eigenvalue weighted by molar-refractivity contribution is -0.900. The van der Waals surface area contributed by atoms with Crippen molar-refractivity contribution in [3.05, 3.63) is 81.9 Å². The third-order valence-corrected chi connectivity index (χ3v) is 5.02. The Morgan fingerprint density at radius 3 is 2.44 bits per heavy atom. The van der Waals surface area contributed by atoms with Gasteiger partial charge in [0.05, 0.1) is 30.1 Å². The number of piperidine rings is 1. The molecule has 2 aromatic carbocycles. The van der Waals surface area contributed by atoms with Crippen molar-refractivity contribution in [1.82, 2.24) is 0 Å². The van der Waals surface area contributed by atoms with Gasteiger partial charge in [0.25, 0.3) is 5.69 Å². The van der Waals surface area contributed by atoms with Crippen molar-refractivity contribution in [3.8, 4) is 0 Å². The second-order valence-corrected chi connectivity index (χ2v) is 6.81. The van der Waals surface area contributed by atoms with Crippen LogP contribution in [0.2, 0.25) is 0 Å². The first-order chi connectivity index (χ1) is 12.2. The van der Waals surface area contributed by atoms with Crippen molar-refractivity contribution < 1.29 is 9.82 Å². The van der Waals surface area contributed by atoms with Crippen LogP contribution in [0.1, 0.15) is 24.0 Å². The van der Waals surface area contributed by atoms with Crippen LogP contribution in [0.3, 0.4) is 0 Å². The molecule has 1 aliphatic rings. The molecule has 4 nitrogen and oxygen atoms in total. The summed E-state index contributed by atoms with van der Waals surface area (Å²) in [5, 5.41) is 11.0. The molecule has 0 aliphatic carbocycles. The molecule has 1 heterocycles. The smallest absolute Gasteiger partial charge is 0.276 e. The molecule has 0 bridgehead atoms. The van der Waals surface area contributed by atoms with Crippen LogP contribution in [0.25, 0.3) is 6.08 Å². The van der Waals surface area contributed by atoms with Crippen LogP contribution in [0.4, 0.5) is 5.69 Å². The largest absolute Gasteiger partial charge is 0.332 e. The quantitative estimate of drug-likeness (QED) is 0.650. The van der Waals surface area contributed by atoms with E-state index in [0.717, 1.165) is 12.5 Å². The summed E-state index contributed by atoms with van der Waals surface area (Å²) in [6.07, 6.45) is 7.66. The highest BCUT2D eigenvalue weighted by Gasteiger charge is 2.21. The van der Waals surface area contributed by atoms with Crippen LogP contribution >= 0.6 is 0 Å². The summed E-state index contributed by atoms with van der Waals surface area (Å²) in [5.41, 5.74) is 2.30. The number of nitrogens with one attached hydrogen (secondary N) is 1. The fourth-order valence-corrected chi connectivity index (χ4v) is 3.59. The van der Waals surface area contributed by atoms with Crippen LogP contribution in [0.15, 0.2) is 60.7 Å². The number of rotatable bonds is 6. The highest BCUT2D eigenvalue weighted by molar-refractivity contribution is 5.60. The van der Waals surface area contributed by atoms with Crippen molar-refractivity contribution in [3.63, 3.8) is 0 Å². The molecule has 3 rings (SSSR count). The maximum absolute atomic E-state index is 11.0. The predicted octanol–water partition coefficient (Wildman–Crippen LogP) is 3.15. The maximum atomic E-state index is 11.0. The highest BCUT2D eigenvalue weighted by Crippen LogP contribution is 2.19. The summed E-state index contributed by atoms with van der Waals surface area (Å²) in [6.45, 7) is 3.29. The average molecular weight is 337 g/mol. The Morgan fingerprint density at radius 2 is 1.72 bits per heavy atom. The number of nitro benzene ring substituents is 1. The minimum Gasteiger partial charge on any atom is -0.332 e. The Balaban J connectivity index is 1.47. The normalized spacial score (nSPS) is 20.6. The van der Waals surface area contributed by atoms with E-state index in [4.69, 9.17) is 0 Å². The van der Waals surface area contributed by atoms with Gasteiger partial charge in [0.2, 0.25) is 0 Å². The van der Waals surface area contributed by atoms with Gasteiger partial charge in [0.15, 0.2) is 0 Å². The summed E-state index contributed by atoms with van der Waals surface area (Å²) in [7, 11) is 0. The zero-order chi connectivity index (χ0) is 17.5.